The number of aromatic carboxylic acids is 1. The van der Waals surface area contributed by atoms with Crippen LogP contribution in [0.1, 0.15) is 17.3 Å². The number of anilines is 2. The van der Waals surface area contributed by atoms with Crippen LogP contribution in [0.2, 0.25) is 0 Å². The zero-order valence-electron chi connectivity index (χ0n) is 16.9. The van der Waals surface area contributed by atoms with Crippen LogP contribution >= 0.6 is 0 Å². The third-order valence-corrected chi connectivity index (χ3v) is 4.70. The molecular weight excluding hydrogens is 400 g/mol. The molecule has 2 amide bonds. The molecule has 2 N–H and O–H groups in total. The van der Waals surface area contributed by atoms with E-state index in [1.54, 1.807) is 24.3 Å². The maximum atomic E-state index is 13.2. The molecule has 0 aliphatic carbocycles. The monoisotopic (exact) mass is 418 g/mol. The summed E-state index contributed by atoms with van der Waals surface area (Å²) < 4.78 is 0. The molecule has 0 bridgehead atoms. The molecular formula is C22H18N4O5. The molecule has 0 spiro atoms. The number of aliphatic imine (C=N–C) groups is 1. The highest BCUT2D eigenvalue weighted by Gasteiger charge is 2.39. The van der Waals surface area contributed by atoms with Crippen LogP contribution in [0.25, 0.3) is 4.85 Å². The standard InChI is InChI=1S/C22H18N4O5/c1-12-18(23-2)20(28)26(16-11-13(22(30)31)5-10-17(16)27)21(29)19(12)24-14-6-8-15(9-7-14)25(3)4/h5-11,27H,1,3-4H3,(H,30,31). The topological polar surface area (TPSA) is 115 Å². The quantitative estimate of drug-likeness (QED) is 0.583. The van der Waals surface area contributed by atoms with E-state index in [0.29, 0.717) is 10.6 Å². The third kappa shape index (κ3) is 3.86. The Morgan fingerprint density at radius 1 is 1.10 bits per heavy atom. The fourth-order valence-corrected chi connectivity index (χ4v) is 3.01. The number of imide groups is 1. The number of phenols is 1. The molecule has 1 aliphatic rings. The largest absolute Gasteiger partial charge is 0.506 e. The van der Waals surface area contributed by atoms with Gasteiger partial charge in [-0.2, -0.15) is 0 Å². The smallest absolute Gasteiger partial charge is 0.335 e. The average molecular weight is 418 g/mol. The molecule has 3 rings (SSSR count). The molecule has 9 nitrogen and oxygen atoms in total. The Kier molecular flexibility index (Phi) is 5.57. The summed E-state index contributed by atoms with van der Waals surface area (Å²) in [7, 11) is 3.75. The first kappa shape index (κ1) is 21.3. The van der Waals surface area contributed by atoms with Crippen LogP contribution in [-0.2, 0) is 9.59 Å². The lowest BCUT2D eigenvalue weighted by Crippen LogP contribution is -2.46. The number of aromatic hydroxyl groups is 1. The van der Waals surface area contributed by atoms with Gasteiger partial charge in [0.15, 0.2) is 0 Å². The molecule has 0 radical (unpaired) electrons. The summed E-state index contributed by atoms with van der Waals surface area (Å²) in [4.78, 5) is 47.4. The van der Waals surface area contributed by atoms with Crippen LogP contribution in [0.3, 0.4) is 0 Å². The van der Waals surface area contributed by atoms with Gasteiger partial charge in [-0.3, -0.25) is 9.59 Å². The SMILES string of the molecule is [C-]#[N+]C1=C(C)C(=Nc2ccc(N(C)C)cc2)C(=O)N(c2cc(C(=O)O)ccc2O)C1=O. The average Bonchev–Trinajstić information content (AvgIpc) is 2.73. The number of benzene rings is 2. The van der Waals surface area contributed by atoms with Crippen molar-refractivity contribution in [2.24, 2.45) is 4.99 Å². The maximum Gasteiger partial charge on any atom is 0.335 e. The molecule has 9 heteroatoms. The number of hydrogen-bond donors (Lipinski definition) is 2. The lowest BCUT2D eigenvalue weighted by Gasteiger charge is -2.27. The normalized spacial score (nSPS) is 15.3. The maximum absolute atomic E-state index is 13.2. The van der Waals surface area contributed by atoms with Crippen LogP contribution in [0.5, 0.6) is 5.75 Å². The van der Waals surface area contributed by atoms with Gasteiger partial charge in [-0.1, -0.05) is 0 Å². The molecule has 0 atom stereocenters. The van der Waals surface area contributed by atoms with Gasteiger partial charge >= 0.3 is 5.97 Å². The van der Waals surface area contributed by atoms with Crippen molar-refractivity contribution in [3.8, 4) is 5.75 Å². The van der Waals surface area contributed by atoms with Gasteiger partial charge in [-0.05, 0) is 55.0 Å². The number of hydrogen-bond acceptors (Lipinski definition) is 6. The predicted octanol–water partition coefficient (Wildman–Crippen LogP) is 3.00. The Balaban J connectivity index is 2.16. The first-order valence-corrected chi connectivity index (χ1v) is 9.05. The summed E-state index contributed by atoms with van der Waals surface area (Å²) in [5, 5.41) is 19.4. The zero-order chi connectivity index (χ0) is 22.9. The second kappa shape index (κ2) is 8.12. The van der Waals surface area contributed by atoms with Crippen LogP contribution < -0.4 is 9.80 Å². The van der Waals surface area contributed by atoms with Gasteiger partial charge in [-0.25, -0.2) is 19.5 Å². The summed E-state index contributed by atoms with van der Waals surface area (Å²) in [6.07, 6.45) is 0. The molecule has 0 fully saturated rings. The Bertz CT molecular complexity index is 1200. The highest BCUT2D eigenvalue weighted by molar-refractivity contribution is 6.57. The molecule has 0 aromatic heterocycles. The second-order valence-electron chi connectivity index (χ2n) is 6.91. The van der Waals surface area contributed by atoms with Crippen molar-refractivity contribution in [1.82, 2.24) is 0 Å². The van der Waals surface area contributed by atoms with Crippen LogP contribution in [0.15, 0.2) is 58.7 Å². The summed E-state index contributed by atoms with van der Waals surface area (Å²) in [6.45, 7) is 8.82. The molecule has 1 heterocycles. The summed E-state index contributed by atoms with van der Waals surface area (Å²) in [5.41, 5.74) is 0.384. The highest BCUT2D eigenvalue weighted by atomic mass is 16.4. The number of phenolic OH excluding ortho intramolecular Hbond substituents is 1. The van der Waals surface area contributed by atoms with Gasteiger partial charge in [0.2, 0.25) is 0 Å². The lowest BCUT2D eigenvalue weighted by atomic mass is 10.0. The summed E-state index contributed by atoms with van der Waals surface area (Å²) in [6, 6.07) is 10.2. The van der Waals surface area contributed by atoms with Crippen molar-refractivity contribution in [1.29, 1.82) is 0 Å². The number of amides is 2. The molecule has 2 aromatic carbocycles. The van der Waals surface area contributed by atoms with Gasteiger partial charge in [0.05, 0.1) is 23.5 Å². The molecule has 0 saturated carbocycles. The van der Waals surface area contributed by atoms with Crippen molar-refractivity contribution in [2.45, 2.75) is 6.92 Å². The van der Waals surface area contributed by atoms with Gasteiger partial charge < -0.3 is 15.1 Å². The van der Waals surface area contributed by atoms with Gasteiger partial charge in [0.1, 0.15) is 11.5 Å². The van der Waals surface area contributed by atoms with E-state index in [2.05, 4.69) is 9.84 Å². The number of carbonyl (C=O) groups excluding carboxylic acids is 2. The van der Waals surface area contributed by atoms with E-state index < -0.39 is 23.5 Å². The van der Waals surface area contributed by atoms with E-state index in [1.807, 2.05) is 19.0 Å². The highest BCUT2D eigenvalue weighted by Crippen LogP contribution is 2.34. The van der Waals surface area contributed by atoms with E-state index in [0.717, 1.165) is 23.9 Å². The Hall–Kier alpha value is -4.45. The third-order valence-electron chi connectivity index (χ3n) is 4.70. The number of carboxylic acids is 1. The minimum absolute atomic E-state index is 0.104. The predicted molar refractivity (Wildman–Crippen MR) is 115 cm³/mol. The Labute approximate surface area is 178 Å². The van der Waals surface area contributed by atoms with Crippen molar-refractivity contribution >= 4 is 40.6 Å². The van der Waals surface area contributed by atoms with Crippen molar-refractivity contribution in [3.05, 3.63) is 70.7 Å². The van der Waals surface area contributed by atoms with E-state index in [1.165, 1.54) is 6.92 Å². The summed E-state index contributed by atoms with van der Waals surface area (Å²) in [5.74, 6) is -3.61. The number of carbonyl (C=O) groups is 3. The fraction of sp³-hybridized carbons (Fsp3) is 0.136. The molecule has 0 unspecified atom stereocenters. The van der Waals surface area contributed by atoms with E-state index >= 15 is 0 Å². The molecule has 156 valence electrons. The Morgan fingerprint density at radius 3 is 2.29 bits per heavy atom. The summed E-state index contributed by atoms with van der Waals surface area (Å²) >= 11 is 0. The zero-order valence-corrected chi connectivity index (χ0v) is 16.9. The Morgan fingerprint density at radius 2 is 1.74 bits per heavy atom. The minimum atomic E-state index is -1.30. The molecule has 2 aromatic rings. The van der Waals surface area contributed by atoms with Gasteiger partial charge in [0.25, 0.3) is 17.5 Å². The van der Waals surface area contributed by atoms with Crippen molar-refractivity contribution in [2.75, 3.05) is 23.9 Å². The second-order valence-corrected chi connectivity index (χ2v) is 6.91. The number of carboxylic acid groups (broad SMARTS) is 1. The number of nitrogens with zero attached hydrogens (tertiary/aromatic N) is 4. The van der Waals surface area contributed by atoms with Crippen molar-refractivity contribution in [3.63, 3.8) is 0 Å². The molecule has 31 heavy (non-hydrogen) atoms. The van der Waals surface area contributed by atoms with Crippen LogP contribution in [0, 0.1) is 6.57 Å². The molecule has 0 saturated heterocycles. The van der Waals surface area contributed by atoms with E-state index in [-0.39, 0.29) is 28.2 Å². The van der Waals surface area contributed by atoms with Gasteiger partial charge in [0, 0.05) is 19.8 Å². The fourth-order valence-electron chi connectivity index (χ4n) is 3.01. The van der Waals surface area contributed by atoms with Crippen LogP contribution in [0.4, 0.5) is 17.1 Å². The van der Waals surface area contributed by atoms with Crippen molar-refractivity contribution < 1.29 is 24.6 Å². The van der Waals surface area contributed by atoms with E-state index in [9.17, 15) is 24.6 Å². The first-order valence-electron chi connectivity index (χ1n) is 9.05. The first-order chi connectivity index (χ1) is 14.6. The minimum Gasteiger partial charge on any atom is -0.506 e. The van der Waals surface area contributed by atoms with Crippen LogP contribution in [-0.4, -0.2) is 47.8 Å². The van der Waals surface area contributed by atoms with Gasteiger partial charge in [-0.15, -0.1) is 0 Å². The van der Waals surface area contributed by atoms with E-state index in [4.69, 9.17) is 6.57 Å². The molecule has 1 aliphatic heterocycles. The number of rotatable bonds is 4. The lowest BCUT2D eigenvalue weighted by molar-refractivity contribution is -0.121.